The van der Waals surface area contributed by atoms with Crippen molar-refractivity contribution in [1.29, 1.82) is 0 Å². The van der Waals surface area contributed by atoms with Gasteiger partial charge >= 0.3 is 0 Å². The Morgan fingerprint density at radius 3 is 2.54 bits per heavy atom. The first-order valence-corrected chi connectivity index (χ1v) is 8.64. The van der Waals surface area contributed by atoms with Gasteiger partial charge in [0.15, 0.2) is 5.69 Å². The van der Waals surface area contributed by atoms with Crippen molar-refractivity contribution >= 4 is 23.0 Å². The minimum absolute atomic E-state index is 0.0321. The van der Waals surface area contributed by atoms with Gasteiger partial charge in [0.1, 0.15) is 0 Å². The molecule has 0 aliphatic rings. The largest absolute Gasteiger partial charge is 0.347 e. The fourth-order valence-corrected chi connectivity index (χ4v) is 2.67. The van der Waals surface area contributed by atoms with Crippen molar-refractivity contribution in [1.82, 2.24) is 14.7 Å². The monoisotopic (exact) mass is 350 g/mol. The standard InChI is InChI=1S/C20H22N4O2/c1-4-14(2)21-19(25)18-22-17(16-12-8-9-13-24(16)18)20(26)23(3)15-10-6-5-7-11-15/h5-14H,4H2,1-3H3,(H,21,25). The minimum Gasteiger partial charge on any atom is -0.347 e. The Bertz CT molecular complexity index is 933. The van der Waals surface area contributed by atoms with Crippen LogP contribution >= 0.6 is 0 Å². The molecule has 0 fully saturated rings. The third-order valence-corrected chi connectivity index (χ3v) is 4.39. The normalized spacial score (nSPS) is 12.0. The van der Waals surface area contributed by atoms with Crippen molar-refractivity contribution in [2.45, 2.75) is 26.3 Å². The molecule has 0 radical (unpaired) electrons. The van der Waals surface area contributed by atoms with E-state index in [1.165, 1.54) is 4.90 Å². The fourth-order valence-electron chi connectivity index (χ4n) is 2.67. The van der Waals surface area contributed by atoms with Gasteiger partial charge in [-0.15, -0.1) is 0 Å². The Kier molecular flexibility index (Phi) is 5.02. The van der Waals surface area contributed by atoms with Gasteiger partial charge in [-0.25, -0.2) is 4.98 Å². The molecule has 134 valence electrons. The van der Waals surface area contributed by atoms with Crippen molar-refractivity contribution in [3.8, 4) is 0 Å². The Hall–Kier alpha value is -3.15. The molecule has 3 aromatic rings. The van der Waals surface area contributed by atoms with E-state index in [9.17, 15) is 9.59 Å². The number of fused-ring (bicyclic) bond motifs is 1. The van der Waals surface area contributed by atoms with Crippen LogP contribution in [0.2, 0.25) is 0 Å². The Labute approximate surface area is 152 Å². The van der Waals surface area contributed by atoms with Crippen LogP contribution in [-0.4, -0.2) is 34.3 Å². The van der Waals surface area contributed by atoms with Crippen molar-refractivity contribution in [3.63, 3.8) is 0 Å². The lowest BCUT2D eigenvalue weighted by molar-refractivity contribution is 0.0928. The van der Waals surface area contributed by atoms with Crippen molar-refractivity contribution in [3.05, 3.63) is 66.2 Å². The Morgan fingerprint density at radius 1 is 1.15 bits per heavy atom. The number of nitrogens with zero attached hydrogens (tertiary/aromatic N) is 3. The van der Waals surface area contributed by atoms with Gasteiger partial charge in [0.05, 0.1) is 5.52 Å². The number of anilines is 1. The second-order valence-corrected chi connectivity index (χ2v) is 6.22. The third-order valence-electron chi connectivity index (χ3n) is 4.39. The number of para-hydroxylation sites is 1. The van der Waals surface area contributed by atoms with Crippen LogP contribution in [0.1, 0.15) is 41.4 Å². The molecule has 26 heavy (non-hydrogen) atoms. The molecular formula is C20H22N4O2. The smallest absolute Gasteiger partial charge is 0.287 e. The van der Waals surface area contributed by atoms with E-state index in [4.69, 9.17) is 0 Å². The van der Waals surface area contributed by atoms with Crippen LogP contribution < -0.4 is 10.2 Å². The van der Waals surface area contributed by atoms with Crippen molar-refractivity contribution in [2.75, 3.05) is 11.9 Å². The number of aromatic nitrogens is 2. The Balaban J connectivity index is 2.01. The van der Waals surface area contributed by atoms with E-state index in [0.717, 1.165) is 12.1 Å². The maximum absolute atomic E-state index is 13.0. The summed E-state index contributed by atoms with van der Waals surface area (Å²) < 4.78 is 1.66. The second-order valence-electron chi connectivity index (χ2n) is 6.22. The van der Waals surface area contributed by atoms with Gasteiger partial charge in [-0.1, -0.05) is 31.2 Å². The molecule has 2 aromatic heterocycles. The fraction of sp³-hybridized carbons (Fsp3) is 0.250. The highest BCUT2D eigenvalue weighted by Crippen LogP contribution is 2.19. The first kappa shape index (κ1) is 17.7. The molecule has 3 rings (SSSR count). The SMILES string of the molecule is CCC(C)NC(=O)c1nc(C(=O)N(C)c2ccccc2)c2ccccn12. The molecule has 0 aliphatic heterocycles. The van der Waals surface area contributed by atoms with Crippen molar-refractivity contribution in [2.24, 2.45) is 0 Å². The van der Waals surface area contributed by atoms with E-state index < -0.39 is 0 Å². The number of rotatable bonds is 5. The first-order valence-electron chi connectivity index (χ1n) is 8.64. The van der Waals surface area contributed by atoms with E-state index in [1.807, 2.05) is 56.3 Å². The summed E-state index contributed by atoms with van der Waals surface area (Å²) >= 11 is 0. The summed E-state index contributed by atoms with van der Waals surface area (Å²) in [5, 5.41) is 2.90. The number of carbonyl (C=O) groups excluding carboxylic acids is 2. The highest BCUT2D eigenvalue weighted by Gasteiger charge is 2.24. The summed E-state index contributed by atoms with van der Waals surface area (Å²) in [6.45, 7) is 3.93. The number of hydrogen-bond acceptors (Lipinski definition) is 3. The first-order chi connectivity index (χ1) is 12.5. The van der Waals surface area contributed by atoms with E-state index in [-0.39, 0.29) is 29.4 Å². The quantitative estimate of drug-likeness (QED) is 0.769. The van der Waals surface area contributed by atoms with Gasteiger partial charge < -0.3 is 10.2 Å². The highest BCUT2D eigenvalue weighted by atomic mass is 16.2. The zero-order valence-corrected chi connectivity index (χ0v) is 15.1. The number of carbonyl (C=O) groups is 2. The molecule has 1 N–H and O–H groups in total. The van der Waals surface area contributed by atoms with Crippen LogP contribution in [-0.2, 0) is 0 Å². The van der Waals surface area contributed by atoms with Gasteiger partial charge in [0.25, 0.3) is 11.8 Å². The molecule has 0 bridgehead atoms. The average Bonchev–Trinajstić information content (AvgIpc) is 3.07. The summed E-state index contributed by atoms with van der Waals surface area (Å²) in [6, 6.07) is 14.8. The molecule has 1 atom stereocenters. The molecule has 2 heterocycles. The molecule has 0 saturated heterocycles. The van der Waals surface area contributed by atoms with Gasteiger partial charge in [-0.3, -0.25) is 14.0 Å². The number of pyridine rings is 1. The zero-order valence-electron chi connectivity index (χ0n) is 15.1. The third kappa shape index (κ3) is 3.31. The number of amides is 2. The Morgan fingerprint density at radius 2 is 1.85 bits per heavy atom. The van der Waals surface area contributed by atoms with Crippen LogP contribution in [0, 0.1) is 0 Å². The maximum Gasteiger partial charge on any atom is 0.287 e. The lowest BCUT2D eigenvalue weighted by atomic mass is 10.2. The van der Waals surface area contributed by atoms with Crippen molar-refractivity contribution < 1.29 is 9.59 Å². The van der Waals surface area contributed by atoms with Crippen LogP contribution in [0.25, 0.3) is 5.52 Å². The molecule has 6 heteroatoms. The zero-order chi connectivity index (χ0) is 18.7. The van der Waals surface area contributed by atoms with Crippen LogP contribution in [0.3, 0.4) is 0 Å². The van der Waals surface area contributed by atoms with Crippen LogP contribution in [0.5, 0.6) is 0 Å². The summed E-state index contributed by atoms with van der Waals surface area (Å²) in [5.41, 5.74) is 1.63. The molecular weight excluding hydrogens is 328 g/mol. The summed E-state index contributed by atoms with van der Waals surface area (Å²) in [7, 11) is 1.70. The second kappa shape index (κ2) is 7.39. The molecule has 1 aromatic carbocycles. The number of benzene rings is 1. The summed E-state index contributed by atoms with van der Waals surface area (Å²) in [5.74, 6) is -0.338. The van der Waals surface area contributed by atoms with E-state index in [1.54, 1.807) is 23.7 Å². The van der Waals surface area contributed by atoms with Crippen LogP contribution in [0.4, 0.5) is 5.69 Å². The molecule has 6 nitrogen and oxygen atoms in total. The lowest BCUT2D eigenvalue weighted by Gasteiger charge is -2.16. The van der Waals surface area contributed by atoms with Gasteiger partial charge in [-0.2, -0.15) is 0 Å². The molecule has 0 spiro atoms. The maximum atomic E-state index is 13.0. The van der Waals surface area contributed by atoms with Gasteiger partial charge in [0.2, 0.25) is 5.82 Å². The molecule has 0 aliphatic carbocycles. The molecule has 1 unspecified atom stereocenters. The number of imidazole rings is 1. The topological polar surface area (TPSA) is 66.7 Å². The van der Waals surface area contributed by atoms with E-state index >= 15 is 0 Å². The molecule has 2 amide bonds. The van der Waals surface area contributed by atoms with Crippen LogP contribution in [0.15, 0.2) is 54.7 Å². The summed E-state index contributed by atoms with van der Waals surface area (Å²) in [4.78, 5) is 31.5. The highest BCUT2D eigenvalue weighted by molar-refractivity contribution is 6.10. The molecule has 0 saturated carbocycles. The predicted molar refractivity (Wildman–Crippen MR) is 102 cm³/mol. The minimum atomic E-state index is -0.290. The van der Waals surface area contributed by atoms with Gasteiger partial charge in [0, 0.05) is 25.0 Å². The van der Waals surface area contributed by atoms with Gasteiger partial charge in [-0.05, 0) is 37.6 Å². The number of hydrogen-bond donors (Lipinski definition) is 1. The van der Waals surface area contributed by atoms with E-state index in [2.05, 4.69) is 10.3 Å². The average molecular weight is 350 g/mol. The number of nitrogens with one attached hydrogen (secondary N) is 1. The predicted octanol–water partition coefficient (Wildman–Crippen LogP) is 3.14. The lowest BCUT2D eigenvalue weighted by Crippen LogP contribution is -2.33. The van der Waals surface area contributed by atoms with E-state index in [0.29, 0.717) is 5.52 Å². The summed E-state index contributed by atoms with van der Waals surface area (Å²) in [6.07, 6.45) is 2.56.